The number of fused-ring (bicyclic) bond motifs is 1. The van der Waals surface area contributed by atoms with E-state index in [1.165, 1.54) is 6.92 Å². The Bertz CT molecular complexity index is 684. The van der Waals surface area contributed by atoms with Gasteiger partial charge in [0.2, 0.25) is 5.91 Å². The normalized spacial score (nSPS) is 12.1. The van der Waals surface area contributed by atoms with Crippen molar-refractivity contribution in [2.24, 2.45) is 0 Å². The molecule has 1 amide bonds. The number of alkyl halides is 1. The van der Waals surface area contributed by atoms with Crippen LogP contribution in [0.5, 0.6) is 0 Å². The summed E-state index contributed by atoms with van der Waals surface area (Å²) in [6.45, 7) is 4.38. The van der Waals surface area contributed by atoms with Gasteiger partial charge in [0.25, 0.3) is 0 Å². The van der Waals surface area contributed by atoms with E-state index in [0.29, 0.717) is 30.0 Å². The maximum atomic E-state index is 10.9. The van der Waals surface area contributed by atoms with Crippen molar-refractivity contribution in [1.29, 1.82) is 5.26 Å². The van der Waals surface area contributed by atoms with Gasteiger partial charge in [-0.15, -0.1) is 11.6 Å². The second kappa shape index (κ2) is 5.93. The number of benzene rings is 1. The van der Waals surface area contributed by atoms with E-state index in [0.717, 1.165) is 5.52 Å². The summed E-state index contributed by atoms with van der Waals surface area (Å²) in [5, 5.41) is 11.6. The van der Waals surface area contributed by atoms with Gasteiger partial charge < -0.3 is 9.88 Å². The number of hydrogen-bond donors (Lipinski definition) is 1. The molecule has 1 N–H and O–H groups in total. The molecule has 0 bridgehead atoms. The van der Waals surface area contributed by atoms with Gasteiger partial charge in [-0.3, -0.25) is 4.79 Å². The highest BCUT2D eigenvalue weighted by Gasteiger charge is 2.16. The molecule has 0 spiro atoms. The highest BCUT2D eigenvalue weighted by Crippen LogP contribution is 2.26. The highest BCUT2D eigenvalue weighted by molar-refractivity contribution is 6.20. The molecule has 104 valence electrons. The zero-order chi connectivity index (χ0) is 14.7. The summed E-state index contributed by atoms with van der Waals surface area (Å²) in [6, 6.07) is 7.59. The smallest absolute Gasteiger partial charge is 0.216 e. The summed E-state index contributed by atoms with van der Waals surface area (Å²) in [5.41, 5.74) is 2.04. The molecule has 0 radical (unpaired) electrons. The van der Waals surface area contributed by atoms with Crippen LogP contribution in [0.2, 0.25) is 0 Å². The molecule has 0 saturated carbocycles. The predicted octanol–water partition coefficient (Wildman–Crippen LogP) is 2.34. The van der Waals surface area contributed by atoms with Crippen LogP contribution >= 0.6 is 11.6 Å². The van der Waals surface area contributed by atoms with Gasteiger partial charge in [0.1, 0.15) is 17.4 Å². The Labute approximate surface area is 122 Å². The van der Waals surface area contributed by atoms with Crippen LogP contribution in [0, 0.1) is 11.3 Å². The van der Waals surface area contributed by atoms with Crippen molar-refractivity contribution in [3.63, 3.8) is 0 Å². The fourth-order valence-electron chi connectivity index (χ4n) is 2.14. The van der Waals surface area contributed by atoms with Gasteiger partial charge in [-0.1, -0.05) is 6.07 Å². The van der Waals surface area contributed by atoms with Gasteiger partial charge in [-0.25, -0.2) is 4.98 Å². The van der Waals surface area contributed by atoms with Crippen molar-refractivity contribution in [3.8, 4) is 6.07 Å². The lowest BCUT2D eigenvalue weighted by atomic mass is 10.2. The average Bonchev–Trinajstić information content (AvgIpc) is 2.77. The first-order chi connectivity index (χ1) is 9.54. The van der Waals surface area contributed by atoms with Crippen LogP contribution in [-0.2, 0) is 11.3 Å². The monoisotopic (exact) mass is 290 g/mol. The van der Waals surface area contributed by atoms with Crippen molar-refractivity contribution in [2.75, 3.05) is 6.54 Å². The van der Waals surface area contributed by atoms with Gasteiger partial charge in [0.05, 0.1) is 16.5 Å². The molecule has 2 aromatic rings. The van der Waals surface area contributed by atoms with Gasteiger partial charge in [-0.05, 0) is 19.1 Å². The minimum Gasteiger partial charge on any atom is -0.355 e. The molecule has 5 nitrogen and oxygen atoms in total. The fourth-order valence-corrected chi connectivity index (χ4v) is 2.30. The molecule has 1 aromatic carbocycles. The minimum absolute atomic E-state index is 0.0763. The first kappa shape index (κ1) is 14.4. The van der Waals surface area contributed by atoms with Crippen molar-refractivity contribution in [3.05, 3.63) is 29.6 Å². The Morgan fingerprint density at radius 2 is 2.35 bits per heavy atom. The predicted molar refractivity (Wildman–Crippen MR) is 77.4 cm³/mol. The summed E-state index contributed by atoms with van der Waals surface area (Å²) in [5.74, 6) is 0.627. The van der Waals surface area contributed by atoms with E-state index in [4.69, 9.17) is 16.9 Å². The van der Waals surface area contributed by atoms with Gasteiger partial charge >= 0.3 is 0 Å². The molecule has 0 fully saturated rings. The van der Waals surface area contributed by atoms with E-state index in [1.807, 2.05) is 23.6 Å². The van der Waals surface area contributed by atoms with Crippen LogP contribution in [0.4, 0.5) is 0 Å². The van der Waals surface area contributed by atoms with E-state index < -0.39 is 0 Å². The minimum atomic E-state index is -0.272. The van der Waals surface area contributed by atoms with Gasteiger partial charge in [0.15, 0.2) is 0 Å². The molecular formula is C14H15ClN4O. The molecule has 1 atom stereocenters. The number of imidazole rings is 1. The van der Waals surface area contributed by atoms with Crippen LogP contribution in [0.25, 0.3) is 11.0 Å². The second-order valence-electron chi connectivity index (χ2n) is 4.51. The highest BCUT2D eigenvalue weighted by atomic mass is 35.5. The second-order valence-corrected chi connectivity index (χ2v) is 5.16. The van der Waals surface area contributed by atoms with E-state index >= 15 is 0 Å². The number of carbonyl (C=O) groups is 1. The Morgan fingerprint density at radius 1 is 1.60 bits per heavy atom. The molecule has 1 heterocycles. The standard InChI is InChI=1S/C14H15ClN4O/c1-9(15)14-18-13-11(8-16)4-3-5-12(13)19(14)7-6-17-10(2)20/h3-5,9H,6-7H2,1-2H3,(H,17,20). The van der Waals surface area contributed by atoms with Crippen molar-refractivity contribution >= 4 is 28.5 Å². The Hall–Kier alpha value is -2.06. The van der Waals surface area contributed by atoms with E-state index in [2.05, 4.69) is 16.4 Å². The topological polar surface area (TPSA) is 70.7 Å². The van der Waals surface area contributed by atoms with E-state index in [9.17, 15) is 4.79 Å². The fraction of sp³-hybridized carbons (Fsp3) is 0.357. The van der Waals surface area contributed by atoms with Gasteiger partial charge in [0, 0.05) is 20.0 Å². The third kappa shape index (κ3) is 2.75. The lowest BCUT2D eigenvalue weighted by Crippen LogP contribution is -2.25. The van der Waals surface area contributed by atoms with Gasteiger partial charge in [-0.2, -0.15) is 5.26 Å². The zero-order valence-corrected chi connectivity index (χ0v) is 12.1. The van der Waals surface area contributed by atoms with Crippen molar-refractivity contribution in [2.45, 2.75) is 25.8 Å². The van der Waals surface area contributed by atoms with Crippen LogP contribution in [0.3, 0.4) is 0 Å². The quantitative estimate of drug-likeness (QED) is 0.879. The number of aromatic nitrogens is 2. The number of rotatable bonds is 4. The number of nitrogens with one attached hydrogen (secondary N) is 1. The Balaban J connectivity index is 2.47. The molecule has 2 rings (SSSR count). The molecule has 20 heavy (non-hydrogen) atoms. The van der Waals surface area contributed by atoms with Crippen molar-refractivity contribution < 1.29 is 4.79 Å². The van der Waals surface area contributed by atoms with Crippen LogP contribution < -0.4 is 5.32 Å². The number of nitriles is 1. The lowest BCUT2D eigenvalue weighted by Gasteiger charge is -2.10. The Kier molecular flexibility index (Phi) is 4.26. The summed E-state index contributed by atoms with van der Waals surface area (Å²) >= 11 is 6.16. The molecular weight excluding hydrogens is 276 g/mol. The zero-order valence-electron chi connectivity index (χ0n) is 11.4. The number of hydrogen-bond acceptors (Lipinski definition) is 3. The lowest BCUT2D eigenvalue weighted by molar-refractivity contribution is -0.118. The number of nitrogens with zero attached hydrogens (tertiary/aromatic N) is 3. The first-order valence-corrected chi connectivity index (χ1v) is 6.76. The first-order valence-electron chi connectivity index (χ1n) is 6.32. The molecule has 0 aliphatic rings. The largest absolute Gasteiger partial charge is 0.355 e. The van der Waals surface area contributed by atoms with Crippen molar-refractivity contribution in [1.82, 2.24) is 14.9 Å². The number of para-hydroxylation sites is 1. The Morgan fingerprint density at radius 3 is 2.95 bits per heavy atom. The number of carbonyl (C=O) groups excluding carboxylic acids is 1. The molecule has 6 heteroatoms. The molecule has 1 aromatic heterocycles. The van der Waals surface area contributed by atoms with E-state index in [1.54, 1.807) is 6.07 Å². The maximum absolute atomic E-state index is 10.9. The summed E-state index contributed by atoms with van der Waals surface area (Å²) in [7, 11) is 0. The SMILES string of the molecule is CC(=O)NCCn1c(C(C)Cl)nc2c(C#N)cccc21. The number of amides is 1. The van der Waals surface area contributed by atoms with Crippen LogP contribution in [-0.4, -0.2) is 22.0 Å². The third-order valence-corrected chi connectivity index (χ3v) is 3.19. The molecule has 0 saturated heterocycles. The summed E-state index contributed by atoms with van der Waals surface area (Å²) in [4.78, 5) is 15.4. The molecule has 0 aliphatic carbocycles. The number of halogens is 1. The molecule has 0 aliphatic heterocycles. The van der Waals surface area contributed by atoms with E-state index in [-0.39, 0.29) is 11.3 Å². The average molecular weight is 291 g/mol. The summed E-state index contributed by atoms with van der Waals surface area (Å²) in [6.07, 6.45) is 0. The maximum Gasteiger partial charge on any atom is 0.216 e. The van der Waals surface area contributed by atoms with Crippen LogP contribution in [0.15, 0.2) is 18.2 Å². The molecule has 1 unspecified atom stereocenters. The summed E-state index contributed by atoms with van der Waals surface area (Å²) < 4.78 is 1.95. The third-order valence-electron chi connectivity index (χ3n) is 2.99. The van der Waals surface area contributed by atoms with Crippen LogP contribution in [0.1, 0.15) is 30.6 Å².